The fourth-order valence-corrected chi connectivity index (χ4v) is 2.58. The molecule has 2 heteroatoms. The van der Waals surface area contributed by atoms with Gasteiger partial charge in [-0.1, -0.05) is 31.0 Å². The van der Waals surface area contributed by atoms with Gasteiger partial charge in [-0.05, 0) is 36.8 Å². The molecule has 18 heavy (non-hydrogen) atoms. The molecule has 0 heterocycles. The molecule has 2 nitrogen and oxygen atoms in total. The molecule has 1 saturated carbocycles. The van der Waals surface area contributed by atoms with E-state index in [2.05, 4.69) is 30.3 Å². The van der Waals surface area contributed by atoms with E-state index >= 15 is 0 Å². The quantitative estimate of drug-likeness (QED) is 0.803. The molecule has 0 amide bonds. The van der Waals surface area contributed by atoms with Crippen molar-refractivity contribution < 1.29 is 4.74 Å². The van der Waals surface area contributed by atoms with Gasteiger partial charge in [0.2, 0.25) is 0 Å². The molecule has 1 fully saturated rings. The van der Waals surface area contributed by atoms with Crippen molar-refractivity contribution in [1.29, 1.82) is 0 Å². The van der Waals surface area contributed by atoms with Gasteiger partial charge in [0, 0.05) is 6.04 Å². The van der Waals surface area contributed by atoms with Gasteiger partial charge in [-0.2, -0.15) is 0 Å². The zero-order chi connectivity index (χ0) is 13.0. The van der Waals surface area contributed by atoms with Crippen molar-refractivity contribution in [3.05, 3.63) is 29.8 Å². The number of rotatable bonds is 5. The third kappa shape index (κ3) is 2.68. The van der Waals surface area contributed by atoms with Crippen LogP contribution < -0.4 is 10.1 Å². The molecule has 1 N–H and O–H groups in total. The number of terminal acetylenes is 1. The summed E-state index contributed by atoms with van der Waals surface area (Å²) in [6.07, 6.45) is 8.76. The van der Waals surface area contributed by atoms with Gasteiger partial charge >= 0.3 is 0 Å². The number of para-hydroxylation sites is 1. The number of nitrogens with one attached hydrogen (secondary N) is 1. The van der Waals surface area contributed by atoms with Crippen molar-refractivity contribution in [2.45, 2.75) is 44.2 Å². The van der Waals surface area contributed by atoms with E-state index in [1.54, 1.807) is 7.11 Å². The Morgan fingerprint density at radius 2 is 2.17 bits per heavy atom. The van der Waals surface area contributed by atoms with E-state index in [0.717, 1.165) is 25.0 Å². The van der Waals surface area contributed by atoms with Crippen LogP contribution in [-0.4, -0.2) is 19.2 Å². The standard InChI is InChI=1S/C16H21NO/c1-4-13(5-2)17-14-10-12(11-14)15-8-6-7-9-16(15)18-3/h1,6-9,12-14,17H,5,10-11H2,2-3H3. The fourth-order valence-electron chi connectivity index (χ4n) is 2.58. The van der Waals surface area contributed by atoms with Crippen LogP contribution in [0.4, 0.5) is 0 Å². The van der Waals surface area contributed by atoms with E-state index in [-0.39, 0.29) is 6.04 Å². The number of benzene rings is 1. The summed E-state index contributed by atoms with van der Waals surface area (Å²) in [4.78, 5) is 0. The van der Waals surface area contributed by atoms with Gasteiger partial charge in [0.1, 0.15) is 5.75 Å². The number of ether oxygens (including phenoxy) is 1. The summed E-state index contributed by atoms with van der Waals surface area (Å²) in [6, 6.07) is 9.07. The van der Waals surface area contributed by atoms with E-state index in [0.29, 0.717) is 12.0 Å². The molecule has 0 aromatic heterocycles. The highest BCUT2D eigenvalue weighted by Crippen LogP contribution is 2.41. The largest absolute Gasteiger partial charge is 0.496 e. The normalized spacial score (nSPS) is 23.8. The van der Waals surface area contributed by atoms with Crippen molar-refractivity contribution in [3.8, 4) is 18.1 Å². The molecular weight excluding hydrogens is 222 g/mol. The molecular formula is C16H21NO. The maximum Gasteiger partial charge on any atom is 0.122 e. The van der Waals surface area contributed by atoms with Crippen molar-refractivity contribution in [2.75, 3.05) is 7.11 Å². The number of hydrogen-bond donors (Lipinski definition) is 1. The monoisotopic (exact) mass is 243 g/mol. The second-order valence-corrected chi connectivity index (χ2v) is 4.90. The molecule has 1 atom stereocenters. The van der Waals surface area contributed by atoms with Crippen molar-refractivity contribution in [2.24, 2.45) is 0 Å². The van der Waals surface area contributed by atoms with Gasteiger partial charge in [0.05, 0.1) is 13.2 Å². The lowest BCUT2D eigenvalue weighted by Gasteiger charge is -2.38. The van der Waals surface area contributed by atoms with Crippen LogP contribution in [0.3, 0.4) is 0 Å². The number of methoxy groups -OCH3 is 1. The molecule has 0 saturated heterocycles. The maximum atomic E-state index is 5.47. The summed E-state index contributed by atoms with van der Waals surface area (Å²) in [5.74, 6) is 4.40. The molecule has 2 rings (SSSR count). The highest BCUT2D eigenvalue weighted by atomic mass is 16.5. The van der Waals surface area contributed by atoms with Crippen LogP contribution in [0.15, 0.2) is 24.3 Å². The first kappa shape index (κ1) is 13.0. The Bertz CT molecular complexity index is 429. The van der Waals surface area contributed by atoms with Gasteiger partial charge in [0.25, 0.3) is 0 Å². The summed E-state index contributed by atoms with van der Waals surface area (Å²) in [5, 5.41) is 3.51. The Morgan fingerprint density at radius 1 is 1.44 bits per heavy atom. The Morgan fingerprint density at radius 3 is 2.78 bits per heavy atom. The Balaban J connectivity index is 1.91. The molecule has 0 radical (unpaired) electrons. The zero-order valence-electron chi connectivity index (χ0n) is 11.1. The average molecular weight is 243 g/mol. The first-order chi connectivity index (χ1) is 8.78. The first-order valence-corrected chi connectivity index (χ1v) is 6.63. The van der Waals surface area contributed by atoms with Crippen LogP contribution >= 0.6 is 0 Å². The minimum absolute atomic E-state index is 0.216. The van der Waals surface area contributed by atoms with E-state index in [1.165, 1.54) is 5.56 Å². The maximum absolute atomic E-state index is 5.47. The summed E-state index contributed by atoms with van der Waals surface area (Å²) in [6.45, 7) is 2.12. The van der Waals surface area contributed by atoms with Crippen LogP contribution in [0.2, 0.25) is 0 Å². The Labute approximate surface area is 110 Å². The summed E-state index contributed by atoms with van der Waals surface area (Å²) < 4.78 is 5.41. The van der Waals surface area contributed by atoms with E-state index in [9.17, 15) is 0 Å². The predicted octanol–water partition coefficient (Wildman–Crippen LogP) is 2.94. The molecule has 0 bridgehead atoms. The molecule has 1 aliphatic rings. The minimum atomic E-state index is 0.216. The fraction of sp³-hybridized carbons (Fsp3) is 0.500. The van der Waals surface area contributed by atoms with E-state index < -0.39 is 0 Å². The lowest BCUT2D eigenvalue weighted by atomic mass is 9.75. The predicted molar refractivity (Wildman–Crippen MR) is 74.8 cm³/mol. The second-order valence-electron chi connectivity index (χ2n) is 4.90. The van der Waals surface area contributed by atoms with E-state index in [1.807, 2.05) is 12.1 Å². The topological polar surface area (TPSA) is 21.3 Å². The average Bonchev–Trinajstić information content (AvgIpc) is 2.38. The zero-order valence-corrected chi connectivity index (χ0v) is 11.1. The van der Waals surface area contributed by atoms with Gasteiger partial charge in [-0.25, -0.2) is 0 Å². The van der Waals surface area contributed by atoms with Gasteiger partial charge < -0.3 is 10.1 Å². The molecule has 0 spiro atoms. The summed E-state index contributed by atoms with van der Waals surface area (Å²) in [7, 11) is 1.73. The lowest BCUT2D eigenvalue weighted by molar-refractivity contribution is 0.271. The van der Waals surface area contributed by atoms with Crippen LogP contribution in [0.1, 0.15) is 37.7 Å². The summed E-state index contributed by atoms with van der Waals surface area (Å²) in [5.41, 5.74) is 1.33. The minimum Gasteiger partial charge on any atom is -0.496 e. The second kappa shape index (κ2) is 5.93. The summed E-state index contributed by atoms with van der Waals surface area (Å²) >= 11 is 0. The molecule has 1 unspecified atom stereocenters. The van der Waals surface area contributed by atoms with Crippen molar-refractivity contribution >= 4 is 0 Å². The highest BCUT2D eigenvalue weighted by Gasteiger charge is 2.32. The van der Waals surface area contributed by atoms with Crippen LogP contribution in [0, 0.1) is 12.3 Å². The molecule has 0 aliphatic heterocycles. The van der Waals surface area contributed by atoms with Crippen molar-refractivity contribution in [1.82, 2.24) is 5.32 Å². The van der Waals surface area contributed by atoms with Crippen molar-refractivity contribution in [3.63, 3.8) is 0 Å². The van der Waals surface area contributed by atoms with Crippen LogP contribution in [-0.2, 0) is 0 Å². The smallest absolute Gasteiger partial charge is 0.122 e. The highest BCUT2D eigenvalue weighted by molar-refractivity contribution is 5.37. The SMILES string of the molecule is C#CC(CC)NC1CC(c2ccccc2OC)C1. The lowest BCUT2D eigenvalue weighted by Crippen LogP contribution is -2.44. The van der Waals surface area contributed by atoms with Gasteiger partial charge in [-0.15, -0.1) is 6.42 Å². The third-order valence-electron chi connectivity index (χ3n) is 3.76. The van der Waals surface area contributed by atoms with Gasteiger partial charge in [0.15, 0.2) is 0 Å². The number of hydrogen-bond acceptors (Lipinski definition) is 2. The molecule has 96 valence electrons. The van der Waals surface area contributed by atoms with E-state index in [4.69, 9.17) is 11.2 Å². The molecule has 1 aromatic carbocycles. The molecule has 1 aromatic rings. The third-order valence-corrected chi connectivity index (χ3v) is 3.76. The van der Waals surface area contributed by atoms with Crippen LogP contribution in [0.25, 0.3) is 0 Å². The van der Waals surface area contributed by atoms with Crippen LogP contribution in [0.5, 0.6) is 5.75 Å². The first-order valence-electron chi connectivity index (χ1n) is 6.63. The molecule has 1 aliphatic carbocycles. The Kier molecular flexibility index (Phi) is 4.28. The Hall–Kier alpha value is -1.46. The van der Waals surface area contributed by atoms with Gasteiger partial charge in [-0.3, -0.25) is 0 Å².